The van der Waals surface area contributed by atoms with Gasteiger partial charge in [-0.05, 0) is 23.6 Å². The van der Waals surface area contributed by atoms with Crippen LogP contribution in [0.2, 0.25) is 0 Å². The number of piperazine rings is 1. The second kappa shape index (κ2) is 8.41. The van der Waals surface area contributed by atoms with Crippen LogP contribution in [0.1, 0.15) is 20.2 Å². The van der Waals surface area contributed by atoms with E-state index in [2.05, 4.69) is 15.4 Å². The van der Waals surface area contributed by atoms with Gasteiger partial charge in [0.25, 0.3) is 11.8 Å². The first-order chi connectivity index (χ1) is 13.7. The molecule has 0 unspecified atom stereocenters. The third-order valence-electron chi connectivity index (χ3n) is 4.61. The van der Waals surface area contributed by atoms with E-state index in [9.17, 15) is 9.59 Å². The summed E-state index contributed by atoms with van der Waals surface area (Å²) in [4.78, 5) is 29.5. The van der Waals surface area contributed by atoms with Gasteiger partial charge in [0.2, 0.25) is 5.76 Å². The van der Waals surface area contributed by atoms with Crippen LogP contribution < -0.4 is 5.32 Å². The molecule has 0 aliphatic carbocycles. The van der Waals surface area contributed by atoms with E-state index in [0.717, 1.165) is 24.5 Å². The summed E-state index contributed by atoms with van der Waals surface area (Å²) in [6.07, 6.45) is 1.53. The minimum atomic E-state index is -0.284. The van der Waals surface area contributed by atoms with Crippen LogP contribution in [-0.4, -0.2) is 66.0 Å². The fourth-order valence-corrected chi connectivity index (χ4v) is 3.76. The predicted octanol–water partition coefficient (Wildman–Crippen LogP) is 2.18. The average molecular weight is 400 g/mol. The molecule has 3 aromatic rings. The highest BCUT2D eigenvalue weighted by Crippen LogP contribution is 2.20. The second-order valence-corrected chi connectivity index (χ2v) is 7.37. The first-order valence-electron chi connectivity index (χ1n) is 9.04. The lowest BCUT2D eigenvalue weighted by atomic mass is 10.3. The molecule has 3 aromatic heterocycles. The number of carbonyl (C=O) groups is 2. The van der Waals surface area contributed by atoms with Crippen molar-refractivity contribution in [3.8, 4) is 11.5 Å². The highest BCUT2D eigenvalue weighted by atomic mass is 32.1. The first-order valence-corrected chi connectivity index (χ1v) is 9.92. The number of carbonyl (C=O) groups excluding carboxylic acids is 2. The number of rotatable bonds is 6. The standard InChI is InChI=1S/C19H20N4O4S/c24-18(14-13-16(27-21-14)15-3-1-11-26-15)20-5-6-22-7-9-23(10-8-22)19(25)17-4-2-12-28-17/h1-4,11-13H,5-10H2,(H,20,24). The molecule has 0 bridgehead atoms. The molecule has 0 radical (unpaired) electrons. The van der Waals surface area contributed by atoms with Gasteiger partial charge >= 0.3 is 0 Å². The molecule has 1 aliphatic heterocycles. The zero-order valence-corrected chi connectivity index (χ0v) is 16.0. The van der Waals surface area contributed by atoms with Crippen LogP contribution >= 0.6 is 11.3 Å². The number of nitrogens with one attached hydrogen (secondary N) is 1. The van der Waals surface area contributed by atoms with Crippen LogP contribution in [0.25, 0.3) is 11.5 Å². The van der Waals surface area contributed by atoms with Crippen molar-refractivity contribution in [2.75, 3.05) is 39.3 Å². The van der Waals surface area contributed by atoms with Gasteiger partial charge in [-0.1, -0.05) is 11.2 Å². The van der Waals surface area contributed by atoms with Gasteiger partial charge in [0.1, 0.15) is 0 Å². The lowest BCUT2D eigenvalue weighted by Gasteiger charge is -2.34. The summed E-state index contributed by atoms with van der Waals surface area (Å²) < 4.78 is 10.4. The van der Waals surface area contributed by atoms with Crippen molar-refractivity contribution in [3.63, 3.8) is 0 Å². The molecule has 0 atom stereocenters. The molecule has 0 spiro atoms. The van der Waals surface area contributed by atoms with E-state index < -0.39 is 0 Å². The van der Waals surface area contributed by atoms with Crippen molar-refractivity contribution in [1.29, 1.82) is 0 Å². The smallest absolute Gasteiger partial charge is 0.273 e. The Kier molecular flexibility index (Phi) is 5.54. The quantitative estimate of drug-likeness (QED) is 0.682. The number of nitrogens with zero attached hydrogens (tertiary/aromatic N) is 3. The van der Waals surface area contributed by atoms with Crippen LogP contribution in [0, 0.1) is 0 Å². The number of hydrogen-bond acceptors (Lipinski definition) is 7. The molecule has 28 heavy (non-hydrogen) atoms. The number of hydrogen-bond donors (Lipinski definition) is 1. The Bertz CT molecular complexity index is 912. The van der Waals surface area contributed by atoms with Gasteiger partial charge in [-0.15, -0.1) is 11.3 Å². The zero-order chi connectivity index (χ0) is 19.3. The maximum atomic E-state index is 12.4. The van der Waals surface area contributed by atoms with Gasteiger partial charge < -0.3 is 19.2 Å². The Labute approximate surface area is 165 Å². The molecule has 1 fully saturated rings. The van der Waals surface area contributed by atoms with Gasteiger partial charge in [-0.25, -0.2) is 0 Å². The largest absolute Gasteiger partial charge is 0.461 e. The molecule has 4 heterocycles. The highest BCUT2D eigenvalue weighted by Gasteiger charge is 2.22. The summed E-state index contributed by atoms with van der Waals surface area (Å²) >= 11 is 1.47. The van der Waals surface area contributed by atoms with Crippen LogP contribution in [0.5, 0.6) is 0 Å². The van der Waals surface area contributed by atoms with Crippen molar-refractivity contribution < 1.29 is 18.5 Å². The minimum absolute atomic E-state index is 0.0985. The molecule has 8 nitrogen and oxygen atoms in total. The first kappa shape index (κ1) is 18.5. The number of furan rings is 1. The van der Waals surface area contributed by atoms with Crippen molar-refractivity contribution in [2.45, 2.75) is 0 Å². The van der Waals surface area contributed by atoms with Crippen LogP contribution in [-0.2, 0) is 0 Å². The van der Waals surface area contributed by atoms with E-state index in [4.69, 9.17) is 8.94 Å². The van der Waals surface area contributed by atoms with Crippen molar-refractivity contribution in [1.82, 2.24) is 20.3 Å². The molecule has 0 aromatic carbocycles. The summed E-state index contributed by atoms with van der Waals surface area (Å²) in [5.74, 6) is 0.762. The molecule has 1 N–H and O–H groups in total. The van der Waals surface area contributed by atoms with Crippen LogP contribution in [0.3, 0.4) is 0 Å². The molecule has 146 valence electrons. The predicted molar refractivity (Wildman–Crippen MR) is 103 cm³/mol. The van der Waals surface area contributed by atoms with Crippen LogP contribution in [0.15, 0.2) is 50.9 Å². The van der Waals surface area contributed by atoms with Gasteiger partial charge in [0, 0.05) is 45.3 Å². The molecular weight excluding hydrogens is 380 g/mol. The van der Waals surface area contributed by atoms with E-state index in [-0.39, 0.29) is 17.5 Å². The van der Waals surface area contributed by atoms with Gasteiger partial charge in [0.15, 0.2) is 11.5 Å². The zero-order valence-electron chi connectivity index (χ0n) is 15.2. The van der Waals surface area contributed by atoms with Gasteiger partial charge in [0.05, 0.1) is 11.1 Å². The van der Waals surface area contributed by atoms with Crippen LogP contribution in [0.4, 0.5) is 0 Å². The number of thiophene rings is 1. The Hall–Kier alpha value is -2.91. The fraction of sp³-hybridized carbons (Fsp3) is 0.316. The monoisotopic (exact) mass is 400 g/mol. The van der Waals surface area contributed by atoms with E-state index >= 15 is 0 Å². The fourth-order valence-electron chi connectivity index (χ4n) is 3.07. The average Bonchev–Trinajstić information content (AvgIpc) is 3.50. The Morgan fingerprint density at radius 2 is 2.00 bits per heavy atom. The lowest BCUT2D eigenvalue weighted by molar-refractivity contribution is 0.0642. The van der Waals surface area contributed by atoms with E-state index in [0.29, 0.717) is 31.2 Å². The summed E-state index contributed by atoms with van der Waals surface area (Å²) in [6.45, 7) is 4.19. The number of amides is 2. The Morgan fingerprint density at radius 3 is 2.71 bits per heavy atom. The molecule has 1 saturated heterocycles. The molecule has 0 saturated carbocycles. The molecule has 4 rings (SSSR count). The highest BCUT2D eigenvalue weighted by molar-refractivity contribution is 7.12. The lowest BCUT2D eigenvalue weighted by Crippen LogP contribution is -2.50. The third-order valence-corrected chi connectivity index (χ3v) is 5.47. The van der Waals surface area contributed by atoms with Crippen molar-refractivity contribution >= 4 is 23.2 Å². The summed E-state index contributed by atoms with van der Waals surface area (Å²) in [6, 6.07) is 8.79. The maximum absolute atomic E-state index is 12.4. The minimum Gasteiger partial charge on any atom is -0.461 e. The van der Waals surface area contributed by atoms with E-state index in [1.54, 1.807) is 18.2 Å². The summed E-state index contributed by atoms with van der Waals surface area (Å²) in [7, 11) is 0. The molecule has 2 amide bonds. The number of aromatic nitrogens is 1. The SMILES string of the molecule is O=C(NCCN1CCN(C(=O)c2cccs2)CC1)c1cc(-c2ccco2)on1. The Morgan fingerprint density at radius 1 is 1.14 bits per heavy atom. The van der Waals surface area contributed by atoms with Gasteiger partial charge in [-0.3, -0.25) is 14.5 Å². The maximum Gasteiger partial charge on any atom is 0.273 e. The molecule has 1 aliphatic rings. The topological polar surface area (TPSA) is 91.8 Å². The Balaban J connectivity index is 1.20. The molecular formula is C19H20N4O4S. The van der Waals surface area contributed by atoms with Crippen molar-refractivity contribution in [2.24, 2.45) is 0 Å². The van der Waals surface area contributed by atoms with Crippen molar-refractivity contribution in [3.05, 3.63) is 52.5 Å². The van der Waals surface area contributed by atoms with Gasteiger partial charge in [-0.2, -0.15) is 0 Å². The summed E-state index contributed by atoms with van der Waals surface area (Å²) in [5, 5.41) is 8.55. The second-order valence-electron chi connectivity index (χ2n) is 6.42. The van der Waals surface area contributed by atoms with E-state index in [1.165, 1.54) is 17.6 Å². The summed E-state index contributed by atoms with van der Waals surface area (Å²) in [5.41, 5.74) is 0.220. The van der Waals surface area contributed by atoms with E-state index in [1.807, 2.05) is 22.4 Å². The third kappa shape index (κ3) is 4.15. The normalized spacial score (nSPS) is 14.9. The molecule has 9 heteroatoms.